The summed E-state index contributed by atoms with van der Waals surface area (Å²) >= 11 is 0. The van der Waals surface area contributed by atoms with Gasteiger partial charge in [-0.1, -0.05) is 0 Å². The van der Waals surface area contributed by atoms with E-state index in [1.807, 2.05) is 6.92 Å². The average Bonchev–Trinajstić information content (AvgIpc) is 2.72. The minimum absolute atomic E-state index is 0.0102. The first kappa shape index (κ1) is 12.3. The minimum Gasteiger partial charge on any atom is -0.376 e. The molecule has 0 aromatic rings. The molecule has 1 saturated heterocycles. The molecular weight excluding hydrogens is 222 g/mol. The lowest BCUT2D eigenvalue weighted by Gasteiger charge is -2.42. The smallest absolute Gasteiger partial charge is 0.242 e. The lowest BCUT2D eigenvalue weighted by Crippen LogP contribution is -2.66. The summed E-state index contributed by atoms with van der Waals surface area (Å²) in [6.07, 6.45) is 1.77. The summed E-state index contributed by atoms with van der Waals surface area (Å²) in [7, 11) is 0. The van der Waals surface area contributed by atoms with Crippen LogP contribution in [0.15, 0.2) is 0 Å². The van der Waals surface area contributed by atoms with Crippen LogP contribution >= 0.6 is 0 Å². The minimum atomic E-state index is -0.405. The second kappa shape index (κ2) is 5.01. The van der Waals surface area contributed by atoms with Crippen LogP contribution in [-0.4, -0.2) is 42.7 Å². The van der Waals surface area contributed by atoms with Gasteiger partial charge in [0, 0.05) is 19.1 Å². The normalized spacial score (nSPS) is 36.2. The largest absolute Gasteiger partial charge is 0.376 e. The highest BCUT2D eigenvalue weighted by molar-refractivity contribution is 5.91. The summed E-state index contributed by atoms with van der Waals surface area (Å²) in [5.74, 6) is -0.217. The van der Waals surface area contributed by atoms with Gasteiger partial charge in [0.05, 0.1) is 12.1 Å². The maximum Gasteiger partial charge on any atom is 0.242 e. The molecule has 1 saturated carbocycles. The van der Waals surface area contributed by atoms with Gasteiger partial charge in [0.25, 0.3) is 0 Å². The van der Waals surface area contributed by atoms with Crippen molar-refractivity contribution in [2.75, 3.05) is 6.61 Å². The van der Waals surface area contributed by atoms with Crippen molar-refractivity contribution >= 4 is 11.8 Å². The first-order valence-corrected chi connectivity index (χ1v) is 6.08. The number of amides is 2. The van der Waals surface area contributed by atoms with Crippen LogP contribution in [0.4, 0.5) is 0 Å². The molecule has 17 heavy (non-hydrogen) atoms. The molecule has 4 N–H and O–H groups in total. The van der Waals surface area contributed by atoms with Gasteiger partial charge < -0.3 is 21.1 Å². The molecule has 1 aliphatic carbocycles. The van der Waals surface area contributed by atoms with Crippen LogP contribution in [0.3, 0.4) is 0 Å². The number of nitrogens with two attached hydrogens (primary N) is 1. The lowest BCUT2D eigenvalue weighted by atomic mass is 9.83. The number of carbonyl (C=O) groups is 2. The number of ether oxygens (including phenoxy) is 1. The molecule has 96 valence electrons. The van der Waals surface area contributed by atoms with Crippen LogP contribution in [0.25, 0.3) is 0 Å². The fourth-order valence-electron chi connectivity index (χ4n) is 2.30. The summed E-state index contributed by atoms with van der Waals surface area (Å²) in [5, 5.41) is 5.50. The van der Waals surface area contributed by atoms with Crippen LogP contribution in [0.2, 0.25) is 0 Å². The average molecular weight is 241 g/mol. The molecule has 0 aromatic heterocycles. The molecule has 2 fully saturated rings. The van der Waals surface area contributed by atoms with Crippen molar-refractivity contribution in [3.63, 3.8) is 0 Å². The fourth-order valence-corrected chi connectivity index (χ4v) is 2.30. The van der Waals surface area contributed by atoms with E-state index in [1.165, 1.54) is 0 Å². The van der Waals surface area contributed by atoms with Gasteiger partial charge in [-0.15, -0.1) is 0 Å². The Hall–Kier alpha value is -1.14. The Morgan fingerprint density at radius 2 is 2.41 bits per heavy atom. The number of hydrogen-bond donors (Lipinski definition) is 3. The van der Waals surface area contributed by atoms with Crippen molar-refractivity contribution in [1.82, 2.24) is 10.6 Å². The maximum atomic E-state index is 11.9. The Balaban J connectivity index is 1.83. The summed E-state index contributed by atoms with van der Waals surface area (Å²) in [6.45, 7) is 2.53. The summed E-state index contributed by atoms with van der Waals surface area (Å²) in [6, 6.07) is -0.579. The van der Waals surface area contributed by atoms with Crippen LogP contribution in [0.1, 0.15) is 26.2 Å². The first-order chi connectivity index (χ1) is 8.11. The van der Waals surface area contributed by atoms with Gasteiger partial charge in [-0.2, -0.15) is 0 Å². The standard InChI is InChI=1S/C11H19N3O3/c1-2-17-8-5-6(12)10(8)14-11(16)7-3-4-9(15)13-7/h6-8,10H,2-5,12H2,1H3,(H,13,15)(H,14,16). The molecule has 0 spiro atoms. The SMILES string of the molecule is CCOC1CC(N)C1NC(=O)C1CCC(=O)N1. The zero-order chi connectivity index (χ0) is 12.4. The molecule has 1 aliphatic heterocycles. The monoisotopic (exact) mass is 241 g/mol. The molecule has 6 nitrogen and oxygen atoms in total. The Morgan fingerprint density at radius 3 is 2.94 bits per heavy atom. The second-order valence-electron chi connectivity index (χ2n) is 4.59. The predicted octanol–water partition coefficient (Wildman–Crippen LogP) is -1.11. The molecule has 0 bridgehead atoms. The molecule has 2 aliphatic rings. The summed E-state index contributed by atoms with van der Waals surface area (Å²) < 4.78 is 5.46. The van der Waals surface area contributed by atoms with E-state index in [4.69, 9.17) is 10.5 Å². The Morgan fingerprint density at radius 1 is 1.65 bits per heavy atom. The van der Waals surface area contributed by atoms with Crippen molar-refractivity contribution in [2.45, 2.75) is 50.4 Å². The number of nitrogens with one attached hydrogen (secondary N) is 2. The number of rotatable bonds is 4. The summed E-state index contributed by atoms with van der Waals surface area (Å²) in [5.41, 5.74) is 5.84. The Bertz CT molecular complexity index is 319. The van der Waals surface area contributed by atoms with E-state index in [9.17, 15) is 9.59 Å². The fraction of sp³-hybridized carbons (Fsp3) is 0.818. The van der Waals surface area contributed by atoms with Crippen molar-refractivity contribution < 1.29 is 14.3 Å². The second-order valence-corrected chi connectivity index (χ2v) is 4.59. The Labute approximate surface area is 100 Å². The van der Waals surface area contributed by atoms with Gasteiger partial charge in [-0.3, -0.25) is 9.59 Å². The maximum absolute atomic E-state index is 11.9. The van der Waals surface area contributed by atoms with Crippen molar-refractivity contribution in [3.8, 4) is 0 Å². The van der Waals surface area contributed by atoms with Gasteiger partial charge in [0.15, 0.2) is 0 Å². The van der Waals surface area contributed by atoms with E-state index in [2.05, 4.69) is 10.6 Å². The highest BCUT2D eigenvalue weighted by Gasteiger charge is 2.41. The molecule has 1 heterocycles. The highest BCUT2D eigenvalue weighted by Crippen LogP contribution is 2.23. The van der Waals surface area contributed by atoms with Crippen LogP contribution < -0.4 is 16.4 Å². The van der Waals surface area contributed by atoms with Crippen molar-refractivity contribution in [3.05, 3.63) is 0 Å². The quantitative estimate of drug-likeness (QED) is 0.581. The van der Waals surface area contributed by atoms with E-state index in [0.29, 0.717) is 19.4 Å². The molecule has 2 rings (SSSR count). The van der Waals surface area contributed by atoms with Crippen molar-refractivity contribution in [1.29, 1.82) is 0 Å². The molecular formula is C11H19N3O3. The van der Waals surface area contributed by atoms with Gasteiger partial charge in [0.2, 0.25) is 11.8 Å². The van der Waals surface area contributed by atoms with Gasteiger partial charge in [0.1, 0.15) is 6.04 Å². The topological polar surface area (TPSA) is 93.4 Å². The first-order valence-electron chi connectivity index (χ1n) is 6.08. The molecule has 4 unspecified atom stereocenters. The lowest BCUT2D eigenvalue weighted by molar-refractivity contribution is -0.129. The van der Waals surface area contributed by atoms with Gasteiger partial charge in [-0.25, -0.2) is 0 Å². The van der Waals surface area contributed by atoms with Crippen LogP contribution in [0.5, 0.6) is 0 Å². The van der Waals surface area contributed by atoms with Crippen molar-refractivity contribution in [2.24, 2.45) is 5.73 Å². The van der Waals surface area contributed by atoms with E-state index in [-0.39, 0.29) is 30.0 Å². The van der Waals surface area contributed by atoms with Gasteiger partial charge >= 0.3 is 0 Å². The molecule has 2 amide bonds. The zero-order valence-corrected chi connectivity index (χ0v) is 9.94. The summed E-state index contributed by atoms with van der Waals surface area (Å²) in [4.78, 5) is 22.9. The predicted molar refractivity (Wildman–Crippen MR) is 61.1 cm³/mol. The third-order valence-corrected chi connectivity index (χ3v) is 3.37. The van der Waals surface area contributed by atoms with E-state index in [0.717, 1.165) is 6.42 Å². The third kappa shape index (κ3) is 2.58. The Kier molecular flexibility index (Phi) is 3.63. The van der Waals surface area contributed by atoms with E-state index < -0.39 is 6.04 Å². The molecule has 0 aromatic carbocycles. The molecule has 6 heteroatoms. The molecule has 0 radical (unpaired) electrons. The number of carbonyl (C=O) groups excluding carboxylic acids is 2. The van der Waals surface area contributed by atoms with Gasteiger partial charge in [-0.05, 0) is 19.8 Å². The van der Waals surface area contributed by atoms with Crippen LogP contribution in [-0.2, 0) is 14.3 Å². The number of hydrogen-bond acceptors (Lipinski definition) is 4. The zero-order valence-electron chi connectivity index (χ0n) is 9.94. The third-order valence-electron chi connectivity index (χ3n) is 3.37. The van der Waals surface area contributed by atoms with E-state index >= 15 is 0 Å². The van der Waals surface area contributed by atoms with E-state index in [1.54, 1.807) is 0 Å². The highest BCUT2D eigenvalue weighted by atomic mass is 16.5. The molecule has 4 atom stereocenters. The van der Waals surface area contributed by atoms with Crippen LogP contribution in [0, 0.1) is 0 Å².